The summed E-state index contributed by atoms with van der Waals surface area (Å²) in [5.41, 5.74) is -1.58. The standard InChI is InChI=1S/C10H9F3N2O4/c1-2-19-8(16)4-6-5(9(12)13)3-7(11)14-10(6)15(17)18/h3,9H,2,4H2,1H3. The molecule has 1 heterocycles. The molecule has 0 aliphatic heterocycles. The molecule has 0 unspecified atom stereocenters. The fraction of sp³-hybridized carbons (Fsp3) is 0.400. The Morgan fingerprint density at radius 3 is 2.68 bits per heavy atom. The highest BCUT2D eigenvalue weighted by Crippen LogP contribution is 2.29. The van der Waals surface area contributed by atoms with Crippen LogP contribution in [0, 0.1) is 16.1 Å². The average molecular weight is 278 g/mol. The van der Waals surface area contributed by atoms with Crippen molar-refractivity contribution >= 4 is 11.8 Å². The van der Waals surface area contributed by atoms with E-state index in [4.69, 9.17) is 0 Å². The van der Waals surface area contributed by atoms with Gasteiger partial charge in [-0.25, -0.2) is 8.78 Å². The molecule has 9 heteroatoms. The SMILES string of the molecule is CCOC(=O)Cc1c(C(F)F)cc(F)nc1[N+](=O)[O-]. The third kappa shape index (κ3) is 3.63. The van der Waals surface area contributed by atoms with E-state index in [0.29, 0.717) is 6.07 Å². The molecular weight excluding hydrogens is 269 g/mol. The van der Waals surface area contributed by atoms with Crippen LogP contribution in [0.4, 0.5) is 19.0 Å². The largest absolute Gasteiger partial charge is 0.466 e. The number of halogens is 3. The third-order valence-electron chi connectivity index (χ3n) is 2.14. The summed E-state index contributed by atoms with van der Waals surface area (Å²) in [6.07, 6.45) is -3.93. The van der Waals surface area contributed by atoms with Gasteiger partial charge in [-0.05, 0) is 16.8 Å². The summed E-state index contributed by atoms with van der Waals surface area (Å²) < 4.78 is 42.9. The second-order valence-electron chi connectivity index (χ2n) is 3.38. The highest BCUT2D eigenvalue weighted by atomic mass is 19.3. The van der Waals surface area contributed by atoms with Crippen LogP contribution in [0.15, 0.2) is 6.07 Å². The summed E-state index contributed by atoms with van der Waals surface area (Å²) in [5, 5.41) is 10.7. The topological polar surface area (TPSA) is 82.3 Å². The molecule has 0 aliphatic rings. The van der Waals surface area contributed by atoms with E-state index >= 15 is 0 Å². The first kappa shape index (κ1) is 14.9. The monoisotopic (exact) mass is 278 g/mol. The van der Waals surface area contributed by atoms with E-state index in [2.05, 4.69) is 9.72 Å². The molecule has 0 aliphatic carbocycles. The van der Waals surface area contributed by atoms with Crippen molar-refractivity contribution in [2.45, 2.75) is 19.8 Å². The number of hydrogen-bond acceptors (Lipinski definition) is 5. The Balaban J connectivity index is 3.31. The number of rotatable bonds is 5. The predicted molar refractivity (Wildman–Crippen MR) is 56.1 cm³/mol. The van der Waals surface area contributed by atoms with Crippen molar-refractivity contribution in [3.8, 4) is 0 Å². The molecule has 104 valence electrons. The van der Waals surface area contributed by atoms with E-state index in [0.717, 1.165) is 0 Å². The van der Waals surface area contributed by atoms with Crippen molar-refractivity contribution in [1.82, 2.24) is 4.98 Å². The van der Waals surface area contributed by atoms with E-state index in [1.54, 1.807) is 0 Å². The molecule has 0 N–H and O–H groups in total. The first-order chi connectivity index (χ1) is 8.86. The quantitative estimate of drug-likeness (QED) is 0.357. The van der Waals surface area contributed by atoms with Crippen molar-refractivity contribution in [2.75, 3.05) is 6.61 Å². The minimum atomic E-state index is -3.17. The first-order valence-corrected chi connectivity index (χ1v) is 5.14. The van der Waals surface area contributed by atoms with Gasteiger partial charge in [0.1, 0.15) is 0 Å². The molecule has 0 radical (unpaired) electrons. The first-order valence-electron chi connectivity index (χ1n) is 5.14. The molecule has 19 heavy (non-hydrogen) atoms. The minimum absolute atomic E-state index is 0.00866. The minimum Gasteiger partial charge on any atom is -0.466 e. The lowest BCUT2D eigenvalue weighted by Gasteiger charge is -2.08. The fourth-order valence-corrected chi connectivity index (χ4v) is 1.43. The van der Waals surface area contributed by atoms with Gasteiger partial charge in [0.15, 0.2) is 0 Å². The smallest absolute Gasteiger partial charge is 0.371 e. The molecule has 1 aromatic heterocycles. The third-order valence-corrected chi connectivity index (χ3v) is 2.14. The van der Waals surface area contributed by atoms with Crippen LogP contribution < -0.4 is 0 Å². The van der Waals surface area contributed by atoms with E-state index < -0.39 is 46.6 Å². The molecule has 1 aromatic rings. The molecule has 0 aromatic carbocycles. The maximum absolute atomic E-state index is 12.9. The Hall–Kier alpha value is -2.19. The van der Waals surface area contributed by atoms with Gasteiger partial charge in [0.2, 0.25) is 0 Å². The Kier molecular flexibility index (Phi) is 4.79. The number of aromatic nitrogens is 1. The van der Waals surface area contributed by atoms with E-state index in [1.807, 2.05) is 0 Å². The number of nitrogens with zero attached hydrogens (tertiary/aromatic N) is 2. The van der Waals surface area contributed by atoms with Gasteiger partial charge in [-0.15, -0.1) is 0 Å². The number of alkyl halides is 2. The Morgan fingerprint density at radius 2 is 2.21 bits per heavy atom. The molecule has 0 spiro atoms. The Bertz CT molecular complexity index is 508. The maximum atomic E-state index is 12.9. The fourth-order valence-electron chi connectivity index (χ4n) is 1.43. The highest BCUT2D eigenvalue weighted by molar-refractivity contribution is 5.74. The van der Waals surface area contributed by atoms with Crippen LogP contribution >= 0.6 is 0 Å². The average Bonchev–Trinajstić information content (AvgIpc) is 2.30. The van der Waals surface area contributed by atoms with Gasteiger partial charge in [-0.1, -0.05) is 0 Å². The summed E-state index contributed by atoms with van der Waals surface area (Å²) in [6.45, 7) is 1.48. The van der Waals surface area contributed by atoms with Crippen molar-refractivity contribution in [3.63, 3.8) is 0 Å². The highest BCUT2D eigenvalue weighted by Gasteiger charge is 2.28. The number of hydrogen-bond donors (Lipinski definition) is 0. The molecular formula is C10H9F3N2O4. The van der Waals surface area contributed by atoms with Gasteiger partial charge in [0.05, 0.1) is 18.6 Å². The zero-order chi connectivity index (χ0) is 14.6. The summed E-state index contributed by atoms with van der Waals surface area (Å²) >= 11 is 0. The summed E-state index contributed by atoms with van der Waals surface area (Å²) in [6, 6.07) is 0.367. The van der Waals surface area contributed by atoms with Crippen molar-refractivity contribution < 1.29 is 27.6 Å². The molecule has 1 rings (SSSR count). The number of pyridine rings is 1. The Labute approximate surface area is 105 Å². The normalized spacial score (nSPS) is 10.6. The second-order valence-corrected chi connectivity index (χ2v) is 3.38. The second kappa shape index (κ2) is 6.12. The Morgan fingerprint density at radius 1 is 1.58 bits per heavy atom. The van der Waals surface area contributed by atoms with Gasteiger partial charge in [0, 0.05) is 11.6 Å². The number of carbonyl (C=O) groups is 1. The maximum Gasteiger partial charge on any atom is 0.371 e. The van der Waals surface area contributed by atoms with Crippen LogP contribution in [0.3, 0.4) is 0 Å². The van der Waals surface area contributed by atoms with Crippen LogP contribution in [-0.4, -0.2) is 22.5 Å². The summed E-state index contributed by atoms with van der Waals surface area (Å²) in [4.78, 5) is 23.7. The zero-order valence-corrected chi connectivity index (χ0v) is 9.73. The number of esters is 1. The lowest BCUT2D eigenvalue weighted by molar-refractivity contribution is -0.390. The molecule has 0 saturated heterocycles. The predicted octanol–water partition coefficient (Wildman–Crippen LogP) is 2.17. The van der Waals surface area contributed by atoms with E-state index in [9.17, 15) is 28.1 Å². The molecule has 0 bridgehead atoms. The molecule has 6 nitrogen and oxygen atoms in total. The number of carbonyl (C=O) groups excluding carboxylic acids is 1. The molecule has 0 amide bonds. The zero-order valence-electron chi connectivity index (χ0n) is 9.73. The van der Waals surface area contributed by atoms with Crippen LogP contribution in [0.25, 0.3) is 0 Å². The van der Waals surface area contributed by atoms with Crippen LogP contribution in [0.5, 0.6) is 0 Å². The van der Waals surface area contributed by atoms with Gasteiger partial charge in [0.25, 0.3) is 6.43 Å². The van der Waals surface area contributed by atoms with Gasteiger partial charge >= 0.3 is 17.7 Å². The number of ether oxygens (including phenoxy) is 1. The molecule has 0 fully saturated rings. The van der Waals surface area contributed by atoms with Gasteiger partial charge in [-0.3, -0.25) is 4.79 Å². The number of nitro groups is 1. The van der Waals surface area contributed by atoms with Crippen LogP contribution in [-0.2, 0) is 16.0 Å². The van der Waals surface area contributed by atoms with Gasteiger partial charge in [-0.2, -0.15) is 4.39 Å². The van der Waals surface area contributed by atoms with Crippen molar-refractivity contribution in [3.05, 3.63) is 33.3 Å². The summed E-state index contributed by atoms with van der Waals surface area (Å²) in [5.74, 6) is -3.45. The van der Waals surface area contributed by atoms with Crippen LogP contribution in [0.1, 0.15) is 24.5 Å². The van der Waals surface area contributed by atoms with E-state index in [1.165, 1.54) is 6.92 Å². The van der Waals surface area contributed by atoms with Gasteiger partial charge < -0.3 is 14.9 Å². The lowest BCUT2D eigenvalue weighted by Crippen LogP contribution is -2.13. The lowest BCUT2D eigenvalue weighted by atomic mass is 10.1. The van der Waals surface area contributed by atoms with Crippen molar-refractivity contribution in [2.24, 2.45) is 0 Å². The van der Waals surface area contributed by atoms with Crippen molar-refractivity contribution in [1.29, 1.82) is 0 Å². The molecule has 0 atom stereocenters. The van der Waals surface area contributed by atoms with E-state index in [-0.39, 0.29) is 6.61 Å². The summed E-state index contributed by atoms with van der Waals surface area (Å²) in [7, 11) is 0. The van der Waals surface area contributed by atoms with Crippen LogP contribution in [0.2, 0.25) is 0 Å². The molecule has 0 saturated carbocycles.